The van der Waals surface area contributed by atoms with E-state index in [4.69, 9.17) is 10.2 Å². The summed E-state index contributed by atoms with van der Waals surface area (Å²) in [6.07, 6.45) is 1.87. The van der Waals surface area contributed by atoms with Crippen LogP contribution in [0, 0.1) is 0 Å². The third-order valence-corrected chi connectivity index (χ3v) is 4.19. The van der Waals surface area contributed by atoms with Crippen LogP contribution in [0.15, 0.2) is 36.5 Å². The maximum Gasteiger partial charge on any atom is 0.205 e. The molecule has 0 fully saturated rings. The van der Waals surface area contributed by atoms with E-state index in [0.717, 1.165) is 16.9 Å². The predicted octanol–water partition coefficient (Wildman–Crippen LogP) is 4.40. The molecule has 1 heterocycles. The lowest BCUT2D eigenvalue weighted by atomic mass is 9.81. The topological polar surface area (TPSA) is 48.1 Å². The Morgan fingerprint density at radius 1 is 1.18 bits per heavy atom. The average molecular weight is 313 g/mol. The Labute approximate surface area is 135 Å². The van der Waals surface area contributed by atoms with Gasteiger partial charge in [-0.3, -0.25) is 4.98 Å². The van der Waals surface area contributed by atoms with E-state index in [-0.39, 0.29) is 5.41 Å². The summed E-state index contributed by atoms with van der Waals surface area (Å²) in [7, 11) is -0.717. The number of rotatable bonds is 4. The molecule has 3 nitrogen and oxygen atoms in total. The van der Waals surface area contributed by atoms with Crippen LogP contribution in [0.25, 0.3) is 11.3 Å². The highest BCUT2D eigenvalue weighted by atomic mass is 28.3. The lowest BCUT2D eigenvalue weighted by Gasteiger charge is -2.26. The highest BCUT2D eigenvalue weighted by Crippen LogP contribution is 2.35. The molecule has 2 N–H and O–H groups in total. The second kappa shape index (κ2) is 6.63. The van der Waals surface area contributed by atoms with Crippen molar-refractivity contribution in [2.75, 3.05) is 5.73 Å². The van der Waals surface area contributed by atoms with Crippen LogP contribution in [-0.2, 0) is 16.4 Å². The number of anilines is 1. The second-order valence-corrected chi connectivity index (χ2v) is 8.87. The van der Waals surface area contributed by atoms with E-state index < -0.39 is 9.04 Å². The lowest BCUT2D eigenvalue weighted by molar-refractivity contribution is 0.310. The molecule has 117 valence electrons. The highest BCUT2D eigenvalue weighted by molar-refractivity contribution is 6.48. The summed E-state index contributed by atoms with van der Waals surface area (Å²) in [5.74, 6) is 0. The van der Waals surface area contributed by atoms with Crippen LogP contribution in [0.1, 0.15) is 31.9 Å². The molecule has 2 rings (SSSR count). The van der Waals surface area contributed by atoms with Crippen molar-refractivity contribution in [3.05, 3.63) is 47.7 Å². The summed E-state index contributed by atoms with van der Waals surface area (Å²) < 4.78 is 5.93. The Kier molecular flexibility index (Phi) is 5.03. The van der Waals surface area contributed by atoms with Crippen LogP contribution < -0.4 is 5.73 Å². The summed E-state index contributed by atoms with van der Waals surface area (Å²) in [5, 5.41) is 0. The maximum absolute atomic E-state index is 5.94. The van der Waals surface area contributed by atoms with Gasteiger partial charge in [0.25, 0.3) is 0 Å². The third-order valence-electron chi connectivity index (χ3n) is 3.46. The maximum atomic E-state index is 5.94. The molecule has 0 saturated carbocycles. The number of benzene rings is 1. The van der Waals surface area contributed by atoms with E-state index in [2.05, 4.69) is 51.0 Å². The zero-order chi connectivity index (χ0) is 16.3. The quantitative estimate of drug-likeness (QED) is 0.672. The minimum Gasteiger partial charge on any atom is -0.413 e. The molecule has 22 heavy (non-hydrogen) atoms. The monoisotopic (exact) mass is 313 g/mol. The summed E-state index contributed by atoms with van der Waals surface area (Å²) in [5.41, 5.74) is 11.2. The first-order valence-electron chi connectivity index (χ1n) is 7.56. The number of nitrogens with two attached hydrogens (primary N) is 1. The number of nitrogens with zero attached hydrogens (tertiary/aromatic N) is 1. The van der Waals surface area contributed by atoms with Crippen molar-refractivity contribution < 1.29 is 4.43 Å². The molecular weight excluding hydrogens is 288 g/mol. The average Bonchev–Trinajstić information content (AvgIpc) is 2.43. The van der Waals surface area contributed by atoms with E-state index >= 15 is 0 Å². The SMILES string of the molecule is C[Si](C)OCc1ccnc(-c2cccc(N)c2)c1C(C)(C)C. The fourth-order valence-electron chi connectivity index (χ4n) is 2.59. The van der Waals surface area contributed by atoms with Gasteiger partial charge in [-0.25, -0.2) is 0 Å². The molecule has 0 saturated heterocycles. The minimum absolute atomic E-state index is 0.0126. The van der Waals surface area contributed by atoms with E-state index in [1.807, 2.05) is 24.4 Å². The highest BCUT2D eigenvalue weighted by Gasteiger charge is 2.23. The first-order chi connectivity index (χ1) is 10.3. The van der Waals surface area contributed by atoms with Gasteiger partial charge in [-0.05, 0) is 47.8 Å². The van der Waals surface area contributed by atoms with Gasteiger partial charge in [-0.1, -0.05) is 32.9 Å². The molecule has 0 aliphatic heterocycles. The normalized spacial score (nSPS) is 11.9. The number of hydrogen-bond donors (Lipinski definition) is 1. The van der Waals surface area contributed by atoms with Gasteiger partial charge in [0.2, 0.25) is 9.04 Å². The van der Waals surface area contributed by atoms with Crippen LogP contribution in [0.5, 0.6) is 0 Å². The van der Waals surface area contributed by atoms with E-state index in [1.165, 1.54) is 11.1 Å². The fourth-order valence-corrected chi connectivity index (χ4v) is 3.03. The van der Waals surface area contributed by atoms with Crippen molar-refractivity contribution in [2.45, 2.75) is 45.9 Å². The van der Waals surface area contributed by atoms with Crippen LogP contribution in [0.2, 0.25) is 13.1 Å². The number of pyridine rings is 1. The molecule has 0 amide bonds. The molecule has 1 aromatic heterocycles. The number of hydrogen-bond acceptors (Lipinski definition) is 3. The molecular formula is C18H25N2OSi. The van der Waals surface area contributed by atoms with Gasteiger partial charge in [0.1, 0.15) is 0 Å². The van der Waals surface area contributed by atoms with Crippen molar-refractivity contribution in [3.8, 4) is 11.3 Å². The summed E-state index contributed by atoms with van der Waals surface area (Å²) in [6, 6.07) is 9.99. The molecule has 2 aromatic rings. The fraction of sp³-hybridized carbons (Fsp3) is 0.389. The van der Waals surface area contributed by atoms with Gasteiger partial charge in [0.05, 0.1) is 12.3 Å². The molecule has 0 atom stereocenters. The van der Waals surface area contributed by atoms with Crippen molar-refractivity contribution in [1.82, 2.24) is 4.98 Å². The lowest BCUT2D eigenvalue weighted by Crippen LogP contribution is -2.19. The third kappa shape index (κ3) is 3.96. The molecule has 0 aliphatic carbocycles. The van der Waals surface area contributed by atoms with Crippen molar-refractivity contribution in [2.24, 2.45) is 0 Å². The number of aromatic nitrogens is 1. The molecule has 4 heteroatoms. The minimum atomic E-state index is -0.717. The molecule has 0 spiro atoms. The smallest absolute Gasteiger partial charge is 0.205 e. The standard InChI is InChI=1S/C18H25N2OSi/c1-18(2,3)16-14(12-21-22(4)5)9-10-20-17(16)13-7-6-8-15(19)11-13/h6-11H,12,19H2,1-5H3. The first-order valence-corrected chi connectivity index (χ1v) is 9.97. The van der Waals surface area contributed by atoms with Gasteiger partial charge in [0.15, 0.2) is 0 Å². The van der Waals surface area contributed by atoms with Crippen molar-refractivity contribution in [3.63, 3.8) is 0 Å². The van der Waals surface area contributed by atoms with Gasteiger partial charge in [0, 0.05) is 17.4 Å². The van der Waals surface area contributed by atoms with Gasteiger partial charge >= 0.3 is 0 Å². The molecule has 0 aliphatic rings. The largest absolute Gasteiger partial charge is 0.413 e. The van der Waals surface area contributed by atoms with E-state index in [1.54, 1.807) is 0 Å². The van der Waals surface area contributed by atoms with Gasteiger partial charge in [-0.15, -0.1) is 0 Å². The Morgan fingerprint density at radius 2 is 1.91 bits per heavy atom. The Morgan fingerprint density at radius 3 is 2.50 bits per heavy atom. The van der Waals surface area contributed by atoms with Crippen LogP contribution in [0.3, 0.4) is 0 Å². The zero-order valence-electron chi connectivity index (χ0n) is 14.1. The van der Waals surface area contributed by atoms with Crippen LogP contribution in [0.4, 0.5) is 5.69 Å². The molecule has 1 aromatic carbocycles. The van der Waals surface area contributed by atoms with Gasteiger partial charge < -0.3 is 10.2 Å². The Balaban J connectivity index is 2.56. The molecule has 0 bridgehead atoms. The van der Waals surface area contributed by atoms with Crippen molar-refractivity contribution in [1.29, 1.82) is 0 Å². The van der Waals surface area contributed by atoms with E-state index in [9.17, 15) is 0 Å². The van der Waals surface area contributed by atoms with Crippen molar-refractivity contribution >= 4 is 14.7 Å². The van der Waals surface area contributed by atoms with E-state index in [0.29, 0.717) is 6.61 Å². The predicted molar refractivity (Wildman–Crippen MR) is 95.1 cm³/mol. The second-order valence-electron chi connectivity index (χ2n) is 6.77. The summed E-state index contributed by atoms with van der Waals surface area (Å²) in [6.45, 7) is 11.6. The summed E-state index contributed by atoms with van der Waals surface area (Å²) in [4.78, 5) is 4.64. The van der Waals surface area contributed by atoms with Gasteiger partial charge in [-0.2, -0.15) is 0 Å². The van der Waals surface area contributed by atoms with Crippen LogP contribution in [-0.4, -0.2) is 14.0 Å². The zero-order valence-corrected chi connectivity index (χ0v) is 15.1. The number of nitrogen functional groups attached to an aromatic ring is 1. The van der Waals surface area contributed by atoms with Crippen LogP contribution >= 0.6 is 0 Å². The molecule has 1 radical (unpaired) electrons. The Bertz CT molecular complexity index is 648. The first kappa shape index (κ1) is 16.7. The Hall–Kier alpha value is -1.65. The molecule has 0 unspecified atom stereocenters. The summed E-state index contributed by atoms with van der Waals surface area (Å²) >= 11 is 0.